The Morgan fingerprint density at radius 3 is 2.75 bits per heavy atom. The quantitative estimate of drug-likeness (QED) is 0.786. The number of rotatable bonds is 4. The van der Waals surface area contributed by atoms with Gasteiger partial charge in [0, 0.05) is 0 Å². The molecule has 3 aromatic rings. The molecule has 3 rings (SSSR count). The Kier molecular flexibility index (Phi) is 4.07. The van der Waals surface area contributed by atoms with Crippen molar-refractivity contribution in [2.45, 2.75) is 20.4 Å². The van der Waals surface area contributed by atoms with Crippen LogP contribution in [0, 0.1) is 25.2 Å². The molecule has 8 nitrogen and oxygen atoms in total. The van der Waals surface area contributed by atoms with Gasteiger partial charge in [0.15, 0.2) is 0 Å². The molecule has 1 N–H and O–H groups in total. The second kappa shape index (κ2) is 6.34. The van der Waals surface area contributed by atoms with Gasteiger partial charge in [-0.15, -0.1) is 10.2 Å². The zero-order valence-corrected chi connectivity index (χ0v) is 13.3. The molecule has 0 radical (unpaired) electrons. The van der Waals surface area contributed by atoms with E-state index in [4.69, 9.17) is 5.26 Å². The normalized spacial score (nSPS) is 10.4. The van der Waals surface area contributed by atoms with E-state index in [9.17, 15) is 4.79 Å². The summed E-state index contributed by atoms with van der Waals surface area (Å²) in [6.45, 7) is 3.69. The molecule has 0 aliphatic heterocycles. The van der Waals surface area contributed by atoms with Crippen molar-refractivity contribution in [1.82, 2.24) is 24.5 Å². The first-order valence-corrected chi connectivity index (χ1v) is 7.29. The van der Waals surface area contributed by atoms with Crippen molar-refractivity contribution in [3.63, 3.8) is 0 Å². The predicted octanol–water partition coefficient (Wildman–Crippen LogP) is 1.59. The van der Waals surface area contributed by atoms with Gasteiger partial charge in [0.25, 0.3) is 0 Å². The highest BCUT2D eigenvalue weighted by molar-refractivity contribution is 5.91. The Morgan fingerprint density at radius 1 is 1.29 bits per heavy atom. The summed E-state index contributed by atoms with van der Waals surface area (Å²) >= 11 is 0. The Morgan fingerprint density at radius 2 is 2.04 bits per heavy atom. The Bertz CT molecular complexity index is 918. The maximum Gasteiger partial charge on any atom is 0.244 e. The Hall–Kier alpha value is -3.47. The minimum absolute atomic E-state index is 0.0364. The molecule has 0 saturated heterocycles. The highest BCUT2D eigenvalue weighted by atomic mass is 16.2. The van der Waals surface area contributed by atoms with E-state index in [1.54, 1.807) is 4.68 Å². The van der Waals surface area contributed by atoms with E-state index >= 15 is 0 Å². The standard InChI is InChI=1S/C16H15N7O/c1-11-16(12(2)23(21-11)13-6-4-3-5-7-13)19-15(24)9-22-10-18-20-14(22)8-17/h3-7,10H,9H2,1-2H3,(H,19,24). The fourth-order valence-electron chi connectivity index (χ4n) is 2.44. The highest BCUT2D eigenvalue weighted by Gasteiger charge is 2.16. The van der Waals surface area contributed by atoms with Crippen LogP contribution < -0.4 is 5.32 Å². The third-order valence-corrected chi connectivity index (χ3v) is 3.59. The molecule has 0 spiro atoms. The summed E-state index contributed by atoms with van der Waals surface area (Å²) in [6.07, 6.45) is 1.35. The first-order chi connectivity index (χ1) is 11.6. The summed E-state index contributed by atoms with van der Waals surface area (Å²) < 4.78 is 3.17. The molecule has 0 fully saturated rings. The molecule has 0 saturated carbocycles. The van der Waals surface area contributed by atoms with Crippen LogP contribution >= 0.6 is 0 Å². The van der Waals surface area contributed by atoms with Crippen LogP contribution in [0.3, 0.4) is 0 Å². The van der Waals surface area contributed by atoms with Gasteiger partial charge in [0.1, 0.15) is 18.9 Å². The fourth-order valence-corrected chi connectivity index (χ4v) is 2.44. The van der Waals surface area contributed by atoms with Gasteiger partial charge in [-0.2, -0.15) is 10.4 Å². The number of aromatic nitrogens is 5. The Balaban J connectivity index is 1.82. The van der Waals surface area contributed by atoms with Crippen LogP contribution in [0.15, 0.2) is 36.7 Å². The molecule has 8 heteroatoms. The van der Waals surface area contributed by atoms with Gasteiger partial charge in [-0.3, -0.25) is 9.36 Å². The number of hydrogen-bond acceptors (Lipinski definition) is 5. The van der Waals surface area contributed by atoms with E-state index in [2.05, 4.69) is 20.6 Å². The molecule has 120 valence electrons. The number of benzene rings is 1. The number of carbonyl (C=O) groups is 1. The number of amides is 1. The highest BCUT2D eigenvalue weighted by Crippen LogP contribution is 2.22. The molecule has 0 aliphatic rings. The number of nitriles is 1. The van der Waals surface area contributed by atoms with Crippen LogP contribution in [0.25, 0.3) is 5.69 Å². The Labute approximate surface area is 138 Å². The van der Waals surface area contributed by atoms with Crippen LogP contribution in [0.5, 0.6) is 0 Å². The van der Waals surface area contributed by atoms with Crippen molar-refractivity contribution < 1.29 is 4.79 Å². The summed E-state index contributed by atoms with van der Waals surface area (Å²) in [5.41, 5.74) is 3.13. The molecule has 2 heterocycles. The number of nitrogens with zero attached hydrogens (tertiary/aromatic N) is 6. The van der Waals surface area contributed by atoms with Crippen molar-refractivity contribution in [2.75, 3.05) is 5.32 Å². The summed E-state index contributed by atoms with van der Waals surface area (Å²) in [6, 6.07) is 11.6. The van der Waals surface area contributed by atoms with Gasteiger partial charge >= 0.3 is 0 Å². The summed E-state index contributed by atoms with van der Waals surface area (Å²) in [5.74, 6) is -0.177. The molecule has 24 heavy (non-hydrogen) atoms. The fraction of sp³-hybridized carbons (Fsp3) is 0.188. The van der Waals surface area contributed by atoms with Crippen molar-refractivity contribution >= 4 is 11.6 Å². The topological polar surface area (TPSA) is 101 Å². The van der Waals surface area contributed by atoms with Crippen LogP contribution in [0.2, 0.25) is 0 Å². The molecule has 0 bridgehead atoms. The third kappa shape index (κ3) is 2.87. The minimum Gasteiger partial charge on any atom is -0.321 e. The average Bonchev–Trinajstić information content (AvgIpc) is 3.14. The van der Waals surface area contributed by atoms with Gasteiger partial charge in [0.05, 0.1) is 22.8 Å². The molecule has 0 aliphatic carbocycles. The summed E-state index contributed by atoms with van der Waals surface area (Å²) in [5, 5.41) is 23.5. The molecule has 0 unspecified atom stereocenters. The lowest BCUT2D eigenvalue weighted by atomic mass is 10.3. The number of nitrogens with one attached hydrogen (secondary N) is 1. The van der Waals surface area contributed by atoms with Gasteiger partial charge in [0.2, 0.25) is 11.7 Å². The predicted molar refractivity (Wildman–Crippen MR) is 86.4 cm³/mol. The first kappa shape index (κ1) is 15.4. The second-order valence-electron chi connectivity index (χ2n) is 5.24. The molecular weight excluding hydrogens is 306 g/mol. The number of aryl methyl sites for hydroxylation is 1. The number of para-hydroxylation sites is 1. The monoisotopic (exact) mass is 321 g/mol. The third-order valence-electron chi connectivity index (χ3n) is 3.59. The van der Waals surface area contributed by atoms with E-state index in [1.807, 2.05) is 50.2 Å². The molecule has 1 aromatic carbocycles. The number of carbonyl (C=O) groups excluding carboxylic acids is 1. The summed E-state index contributed by atoms with van der Waals surface area (Å²) in [7, 11) is 0. The lowest BCUT2D eigenvalue weighted by Gasteiger charge is -2.07. The maximum absolute atomic E-state index is 12.3. The van der Waals surface area contributed by atoms with E-state index in [0.717, 1.165) is 11.4 Å². The van der Waals surface area contributed by atoms with Gasteiger partial charge in [-0.1, -0.05) is 18.2 Å². The zero-order valence-electron chi connectivity index (χ0n) is 13.3. The van der Waals surface area contributed by atoms with Crippen molar-refractivity contribution in [2.24, 2.45) is 0 Å². The van der Waals surface area contributed by atoms with Crippen LogP contribution in [0.4, 0.5) is 5.69 Å². The van der Waals surface area contributed by atoms with E-state index < -0.39 is 0 Å². The molecule has 0 atom stereocenters. The number of hydrogen-bond donors (Lipinski definition) is 1. The van der Waals surface area contributed by atoms with Crippen LogP contribution in [-0.2, 0) is 11.3 Å². The zero-order chi connectivity index (χ0) is 17.1. The lowest BCUT2D eigenvalue weighted by molar-refractivity contribution is -0.116. The van der Waals surface area contributed by atoms with Crippen LogP contribution in [0.1, 0.15) is 17.2 Å². The largest absolute Gasteiger partial charge is 0.321 e. The molecule has 1 amide bonds. The van der Waals surface area contributed by atoms with Gasteiger partial charge in [-0.25, -0.2) is 4.68 Å². The smallest absolute Gasteiger partial charge is 0.244 e. The van der Waals surface area contributed by atoms with Crippen LogP contribution in [-0.4, -0.2) is 30.5 Å². The molecular formula is C16H15N7O. The average molecular weight is 321 g/mol. The van der Waals surface area contributed by atoms with E-state index in [1.165, 1.54) is 10.9 Å². The van der Waals surface area contributed by atoms with Gasteiger partial charge in [-0.05, 0) is 26.0 Å². The minimum atomic E-state index is -0.273. The summed E-state index contributed by atoms with van der Waals surface area (Å²) in [4.78, 5) is 12.3. The second-order valence-corrected chi connectivity index (χ2v) is 5.24. The number of anilines is 1. The lowest BCUT2D eigenvalue weighted by Crippen LogP contribution is -2.20. The SMILES string of the molecule is Cc1nn(-c2ccccc2)c(C)c1NC(=O)Cn1cnnc1C#N. The van der Waals surface area contributed by atoms with Gasteiger partial charge < -0.3 is 5.32 Å². The molecule has 2 aromatic heterocycles. The van der Waals surface area contributed by atoms with E-state index in [-0.39, 0.29) is 18.3 Å². The van der Waals surface area contributed by atoms with Crippen molar-refractivity contribution in [1.29, 1.82) is 5.26 Å². The van der Waals surface area contributed by atoms with E-state index in [0.29, 0.717) is 11.4 Å². The maximum atomic E-state index is 12.3. The van der Waals surface area contributed by atoms with Crippen molar-refractivity contribution in [3.05, 3.63) is 53.9 Å². The van der Waals surface area contributed by atoms with Crippen molar-refractivity contribution in [3.8, 4) is 11.8 Å². The first-order valence-electron chi connectivity index (χ1n) is 7.29.